The summed E-state index contributed by atoms with van der Waals surface area (Å²) in [5, 5.41) is 10.0. The number of carboxylic acid groups (broad SMARTS) is 1. The topological polar surface area (TPSA) is 37.3 Å². The van der Waals surface area contributed by atoms with E-state index in [2.05, 4.69) is 0 Å². The third kappa shape index (κ3) is 2.58. The molecule has 0 aliphatic rings. The standard InChI is InChI=1S/C15H9F3O2S/c16-15(17,18)9-2-4-12-11(7-9)10-3-1-8(6-14(19)20)5-13(10)21-12/h1-5,7H,6H2,(H,19,20). The average Bonchev–Trinajstić information content (AvgIpc) is 2.73. The summed E-state index contributed by atoms with van der Waals surface area (Å²) >= 11 is 1.36. The monoisotopic (exact) mass is 310 g/mol. The van der Waals surface area contributed by atoms with Gasteiger partial charge < -0.3 is 5.11 Å². The van der Waals surface area contributed by atoms with Crippen molar-refractivity contribution in [3.8, 4) is 0 Å². The molecule has 0 bridgehead atoms. The number of benzene rings is 2. The van der Waals surface area contributed by atoms with E-state index in [0.29, 0.717) is 10.9 Å². The zero-order chi connectivity index (χ0) is 15.2. The van der Waals surface area contributed by atoms with E-state index in [1.54, 1.807) is 18.2 Å². The van der Waals surface area contributed by atoms with Crippen molar-refractivity contribution < 1.29 is 23.1 Å². The van der Waals surface area contributed by atoms with E-state index in [9.17, 15) is 18.0 Å². The molecular formula is C15H9F3O2S. The van der Waals surface area contributed by atoms with Crippen molar-refractivity contribution in [3.05, 3.63) is 47.5 Å². The number of fused-ring (bicyclic) bond motifs is 3. The van der Waals surface area contributed by atoms with E-state index in [0.717, 1.165) is 26.9 Å². The lowest BCUT2D eigenvalue weighted by molar-refractivity contribution is -0.138. The molecule has 0 fully saturated rings. The minimum Gasteiger partial charge on any atom is -0.481 e. The molecule has 1 aromatic heterocycles. The highest BCUT2D eigenvalue weighted by Crippen LogP contribution is 2.38. The lowest BCUT2D eigenvalue weighted by Crippen LogP contribution is -2.03. The molecule has 3 aromatic rings. The molecule has 0 aliphatic heterocycles. The lowest BCUT2D eigenvalue weighted by atomic mass is 10.1. The Labute approximate surface area is 121 Å². The third-order valence-corrected chi connectivity index (χ3v) is 4.35. The van der Waals surface area contributed by atoms with Crippen LogP contribution in [0, 0.1) is 0 Å². The van der Waals surface area contributed by atoms with Gasteiger partial charge in [-0.25, -0.2) is 0 Å². The first-order chi connectivity index (χ1) is 9.84. The van der Waals surface area contributed by atoms with Gasteiger partial charge in [-0.05, 0) is 29.8 Å². The van der Waals surface area contributed by atoms with Crippen LogP contribution in [-0.4, -0.2) is 11.1 Å². The second-order valence-corrected chi connectivity index (χ2v) is 5.80. The molecule has 108 valence electrons. The molecule has 0 aliphatic carbocycles. The van der Waals surface area contributed by atoms with Crippen LogP contribution < -0.4 is 0 Å². The number of rotatable bonds is 2. The molecule has 2 nitrogen and oxygen atoms in total. The first-order valence-corrected chi connectivity index (χ1v) is 6.90. The molecule has 1 N–H and O–H groups in total. The maximum atomic E-state index is 12.8. The summed E-state index contributed by atoms with van der Waals surface area (Å²) in [4.78, 5) is 10.7. The highest BCUT2D eigenvalue weighted by Gasteiger charge is 2.30. The van der Waals surface area contributed by atoms with Gasteiger partial charge in [0.1, 0.15) is 0 Å². The van der Waals surface area contributed by atoms with Crippen molar-refractivity contribution in [1.29, 1.82) is 0 Å². The molecule has 0 saturated carbocycles. The van der Waals surface area contributed by atoms with Crippen molar-refractivity contribution in [3.63, 3.8) is 0 Å². The molecule has 0 spiro atoms. The molecule has 2 aromatic carbocycles. The van der Waals surface area contributed by atoms with Gasteiger partial charge in [0.2, 0.25) is 0 Å². The molecule has 0 saturated heterocycles. The van der Waals surface area contributed by atoms with E-state index in [1.807, 2.05) is 0 Å². The Kier molecular flexibility index (Phi) is 3.13. The number of hydrogen-bond donors (Lipinski definition) is 1. The fourth-order valence-corrected chi connectivity index (χ4v) is 3.43. The van der Waals surface area contributed by atoms with Gasteiger partial charge in [0.05, 0.1) is 12.0 Å². The zero-order valence-corrected chi connectivity index (χ0v) is 11.4. The summed E-state index contributed by atoms with van der Waals surface area (Å²) in [6.45, 7) is 0. The first-order valence-electron chi connectivity index (χ1n) is 6.09. The number of aliphatic carboxylic acids is 1. The minimum atomic E-state index is -4.37. The molecular weight excluding hydrogens is 301 g/mol. The van der Waals surface area contributed by atoms with Gasteiger partial charge in [-0.3, -0.25) is 4.79 Å². The van der Waals surface area contributed by atoms with Gasteiger partial charge in [0, 0.05) is 20.2 Å². The number of alkyl halides is 3. The molecule has 0 radical (unpaired) electrons. The summed E-state index contributed by atoms with van der Waals surface area (Å²) in [7, 11) is 0. The highest BCUT2D eigenvalue weighted by molar-refractivity contribution is 7.25. The molecule has 3 rings (SSSR count). The summed E-state index contributed by atoms with van der Waals surface area (Å²) in [6, 6.07) is 8.72. The van der Waals surface area contributed by atoms with E-state index in [1.165, 1.54) is 17.4 Å². The van der Waals surface area contributed by atoms with Crippen molar-refractivity contribution in [1.82, 2.24) is 0 Å². The lowest BCUT2D eigenvalue weighted by Gasteiger charge is -2.06. The van der Waals surface area contributed by atoms with Crippen LogP contribution in [0.1, 0.15) is 11.1 Å². The number of carboxylic acids is 1. The number of halogens is 3. The van der Waals surface area contributed by atoms with Gasteiger partial charge in [-0.2, -0.15) is 13.2 Å². The van der Waals surface area contributed by atoms with E-state index < -0.39 is 17.7 Å². The SMILES string of the molecule is O=C(O)Cc1ccc2c(c1)sc1ccc(C(F)(F)F)cc12. The quantitative estimate of drug-likeness (QED) is 0.745. The van der Waals surface area contributed by atoms with Crippen LogP contribution in [-0.2, 0) is 17.4 Å². The Morgan fingerprint density at radius 3 is 2.48 bits per heavy atom. The van der Waals surface area contributed by atoms with Crippen molar-refractivity contribution >= 4 is 37.5 Å². The van der Waals surface area contributed by atoms with Gasteiger partial charge in [0.25, 0.3) is 0 Å². The fourth-order valence-electron chi connectivity index (χ4n) is 2.28. The third-order valence-electron chi connectivity index (χ3n) is 3.22. The Balaban J connectivity index is 2.19. The molecule has 0 amide bonds. The Hall–Kier alpha value is -2.08. The molecule has 21 heavy (non-hydrogen) atoms. The minimum absolute atomic E-state index is 0.0992. The zero-order valence-electron chi connectivity index (χ0n) is 10.6. The van der Waals surface area contributed by atoms with Gasteiger partial charge in [-0.1, -0.05) is 12.1 Å². The molecule has 0 unspecified atom stereocenters. The van der Waals surface area contributed by atoms with Crippen LogP contribution in [0.5, 0.6) is 0 Å². The van der Waals surface area contributed by atoms with Crippen LogP contribution in [0.3, 0.4) is 0 Å². The van der Waals surface area contributed by atoms with Crippen LogP contribution in [0.25, 0.3) is 20.2 Å². The fraction of sp³-hybridized carbons (Fsp3) is 0.133. The Morgan fingerprint density at radius 1 is 1.05 bits per heavy atom. The normalized spacial score (nSPS) is 12.1. The predicted octanol–water partition coefficient (Wildman–Crippen LogP) is 4.70. The maximum Gasteiger partial charge on any atom is 0.416 e. The van der Waals surface area contributed by atoms with Crippen molar-refractivity contribution in [2.24, 2.45) is 0 Å². The number of hydrogen-bond acceptors (Lipinski definition) is 2. The molecule has 0 atom stereocenters. The van der Waals surface area contributed by atoms with Crippen LogP contribution in [0.4, 0.5) is 13.2 Å². The highest BCUT2D eigenvalue weighted by atomic mass is 32.1. The van der Waals surface area contributed by atoms with E-state index in [4.69, 9.17) is 5.11 Å². The van der Waals surface area contributed by atoms with Gasteiger partial charge in [-0.15, -0.1) is 11.3 Å². The molecule has 1 heterocycles. The van der Waals surface area contributed by atoms with E-state index >= 15 is 0 Å². The van der Waals surface area contributed by atoms with Crippen LogP contribution in [0.2, 0.25) is 0 Å². The van der Waals surface area contributed by atoms with Gasteiger partial charge in [0.15, 0.2) is 0 Å². The second-order valence-electron chi connectivity index (χ2n) is 4.71. The summed E-state index contributed by atoms with van der Waals surface area (Å²) in [5.41, 5.74) is -0.0399. The van der Waals surface area contributed by atoms with Crippen molar-refractivity contribution in [2.45, 2.75) is 12.6 Å². The largest absolute Gasteiger partial charge is 0.481 e. The summed E-state index contributed by atoms with van der Waals surface area (Å²) in [5.74, 6) is -0.935. The van der Waals surface area contributed by atoms with Gasteiger partial charge >= 0.3 is 12.1 Å². The van der Waals surface area contributed by atoms with Crippen LogP contribution in [0.15, 0.2) is 36.4 Å². The summed E-state index contributed by atoms with van der Waals surface area (Å²) < 4.78 is 39.9. The van der Waals surface area contributed by atoms with Crippen molar-refractivity contribution in [2.75, 3.05) is 0 Å². The van der Waals surface area contributed by atoms with Crippen LogP contribution >= 0.6 is 11.3 Å². The Bertz CT molecular complexity index is 849. The number of thiophene rings is 1. The average molecular weight is 310 g/mol. The Morgan fingerprint density at radius 2 is 1.81 bits per heavy atom. The first kappa shape index (κ1) is 13.9. The number of carbonyl (C=O) groups is 1. The maximum absolute atomic E-state index is 12.8. The van der Waals surface area contributed by atoms with E-state index in [-0.39, 0.29) is 6.42 Å². The second kappa shape index (κ2) is 4.73. The molecule has 6 heteroatoms. The predicted molar refractivity (Wildman–Crippen MR) is 75.7 cm³/mol. The summed E-state index contributed by atoms with van der Waals surface area (Å²) in [6.07, 6.45) is -4.47. The smallest absolute Gasteiger partial charge is 0.416 e.